The average Bonchev–Trinajstić information content (AvgIpc) is 3.76. The van der Waals surface area contributed by atoms with Crippen LogP contribution in [-0.2, 0) is 20.9 Å². The van der Waals surface area contributed by atoms with Crippen LogP contribution >= 0.6 is 68.0 Å². The van der Waals surface area contributed by atoms with Crippen molar-refractivity contribution >= 4 is 115 Å². The van der Waals surface area contributed by atoms with Gasteiger partial charge < -0.3 is 46.9 Å². The molecule has 0 spiro atoms. The number of hydrogen-bond donors (Lipinski definition) is 8. The van der Waals surface area contributed by atoms with Crippen LogP contribution in [0.5, 0.6) is 0 Å². The lowest BCUT2D eigenvalue weighted by molar-refractivity contribution is -0.122. The Hall–Kier alpha value is -8.42. The van der Waals surface area contributed by atoms with E-state index in [0.29, 0.717) is 67.9 Å². The number of aromatic carboxylic acids is 1. The first-order valence-corrected chi connectivity index (χ1v) is 30.6. The molecule has 84 heavy (non-hydrogen) atoms. The number of carbonyl (C=O) groups excluding carboxylic acids is 6. The minimum atomic E-state index is -1.29. The highest BCUT2D eigenvalue weighted by Crippen LogP contribution is 2.41. The molecule has 0 fully saturated rings. The molecule has 23 nitrogen and oxygen atoms in total. The Morgan fingerprint density at radius 3 is 2.18 bits per heavy atom. The number of rotatable bonds is 11. The number of nitrogens with one attached hydrogen (secondary N) is 6. The first kappa shape index (κ1) is 58.8. The second-order valence-electron chi connectivity index (χ2n) is 19.0. The molecule has 10 bridgehead atoms. The molecule has 1 aliphatic rings. The molecule has 9 aromatic rings. The molecule has 7 aromatic heterocycles. The lowest BCUT2D eigenvalue weighted by atomic mass is 10.0. The highest BCUT2D eigenvalue weighted by Gasteiger charge is 2.33. The number of carboxylic acids is 1. The van der Waals surface area contributed by atoms with Crippen molar-refractivity contribution < 1.29 is 48.5 Å². The second kappa shape index (κ2) is 25.6. The maximum atomic E-state index is 14.3. The summed E-state index contributed by atoms with van der Waals surface area (Å²) < 4.78 is 5.44. The Morgan fingerprint density at radius 1 is 0.702 bits per heavy atom. The quantitative estimate of drug-likeness (QED) is 0.0604. The number of pyridine rings is 1. The molecule has 0 saturated heterocycles. The zero-order valence-electron chi connectivity index (χ0n) is 44.9. The van der Waals surface area contributed by atoms with Crippen LogP contribution in [0, 0.1) is 12.8 Å². The van der Waals surface area contributed by atoms with Crippen molar-refractivity contribution in [1.29, 1.82) is 0 Å². The molecule has 2 aromatic carbocycles. The fraction of sp³-hybridized carbons (Fsp3) is 0.236. The second-order valence-corrected chi connectivity index (χ2v) is 25.0. The van der Waals surface area contributed by atoms with Crippen molar-refractivity contribution in [2.24, 2.45) is 5.92 Å². The number of ether oxygens (including phenoxy) is 1. The van der Waals surface area contributed by atoms with Gasteiger partial charge in [-0.05, 0) is 54.8 Å². The molecule has 10 rings (SSSR count). The number of aromatic nitrogens is 7. The van der Waals surface area contributed by atoms with E-state index >= 15 is 0 Å². The number of nitrogens with zero attached hydrogens (tertiary/aromatic N) is 7. The van der Waals surface area contributed by atoms with E-state index in [0.717, 1.165) is 22.7 Å². The van der Waals surface area contributed by atoms with E-state index in [1.165, 1.54) is 83.8 Å². The molecule has 6 amide bonds. The predicted molar refractivity (Wildman–Crippen MR) is 318 cm³/mol. The molecule has 29 heteroatoms. The molecule has 8 N–H and O–H groups in total. The van der Waals surface area contributed by atoms with E-state index in [-0.39, 0.29) is 58.0 Å². The summed E-state index contributed by atoms with van der Waals surface area (Å²) in [4.78, 5) is 129. The lowest BCUT2D eigenvalue weighted by Crippen LogP contribution is -2.40. The van der Waals surface area contributed by atoms with Crippen LogP contribution < -0.4 is 31.9 Å². The number of benzene rings is 2. The number of fused-ring (bicyclic) bond motifs is 14. The Bertz CT molecular complexity index is 3960. The van der Waals surface area contributed by atoms with E-state index in [2.05, 4.69) is 46.9 Å². The summed E-state index contributed by atoms with van der Waals surface area (Å²) in [6.45, 7) is 4.93. The topological polar surface area (TPSA) is 332 Å². The van der Waals surface area contributed by atoms with Gasteiger partial charge in [0.15, 0.2) is 0 Å². The normalized spacial score (nSPS) is 16.2. The zero-order valence-corrected chi connectivity index (χ0v) is 49.8. The first-order valence-electron chi connectivity index (χ1n) is 25.5. The van der Waals surface area contributed by atoms with Crippen LogP contribution in [-0.4, -0.2) is 107 Å². The number of hydrogen-bond acceptors (Lipinski definition) is 22. The van der Waals surface area contributed by atoms with Gasteiger partial charge in [0, 0.05) is 52.5 Å². The molecule has 8 heterocycles. The third-order valence-electron chi connectivity index (χ3n) is 12.9. The van der Waals surface area contributed by atoms with E-state index in [1.54, 1.807) is 71.7 Å². The Morgan fingerprint density at radius 2 is 1.44 bits per heavy atom. The predicted octanol–water partition coefficient (Wildman–Crippen LogP) is 8.26. The fourth-order valence-electron chi connectivity index (χ4n) is 8.59. The van der Waals surface area contributed by atoms with Crippen molar-refractivity contribution in [1.82, 2.24) is 61.5 Å². The minimum Gasteiger partial charge on any atom is -0.478 e. The number of aliphatic hydroxyl groups is 1. The summed E-state index contributed by atoms with van der Waals surface area (Å²) in [6, 6.07) is 14.9. The fourth-order valence-corrected chi connectivity index (χ4v) is 14.2. The van der Waals surface area contributed by atoms with Gasteiger partial charge in [-0.25, -0.2) is 39.7 Å². The van der Waals surface area contributed by atoms with Gasteiger partial charge in [-0.2, -0.15) is 0 Å². The van der Waals surface area contributed by atoms with Crippen LogP contribution in [0.4, 0.5) is 5.82 Å². The number of thiazole rings is 6. The van der Waals surface area contributed by atoms with Gasteiger partial charge in [-0.1, -0.05) is 44.2 Å². The molecule has 0 unspecified atom stereocenters. The summed E-state index contributed by atoms with van der Waals surface area (Å²) in [5.41, 5.74) is 2.53. The molecule has 430 valence electrons. The first-order chi connectivity index (χ1) is 40.4. The molecule has 4 atom stereocenters. The van der Waals surface area contributed by atoms with Crippen molar-refractivity contribution in [2.45, 2.75) is 58.0 Å². The molecule has 1 aliphatic heterocycles. The summed E-state index contributed by atoms with van der Waals surface area (Å²) in [5.74, 6) is -4.58. The van der Waals surface area contributed by atoms with E-state index < -0.39 is 72.2 Å². The van der Waals surface area contributed by atoms with E-state index in [1.807, 2.05) is 13.8 Å². The largest absolute Gasteiger partial charge is 0.478 e. The minimum absolute atomic E-state index is 0.00347. The van der Waals surface area contributed by atoms with Gasteiger partial charge >= 0.3 is 5.97 Å². The van der Waals surface area contributed by atoms with Crippen LogP contribution in [0.2, 0.25) is 0 Å². The number of carbonyl (C=O) groups is 7. The Labute approximate surface area is 502 Å². The van der Waals surface area contributed by atoms with Crippen molar-refractivity contribution in [3.8, 4) is 42.5 Å². The van der Waals surface area contributed by atoms with Gasteiger partial charge in [0.05, 0.1) is 58.4 Å². The molecule has 0 radical (unpaired) electrons. The molecule has 0 aliphatic carbocycles. The van der Waals surface area contributed by atoms with Gasteiger partial charge in [-0.3, -0.25) is 28.8 Å². The summed E-state index contributed by atoms with van der Waals surface area (Å²) in [6.07, 6.45) is 0.0968. The number of carboxylic acid groups (broad SMARTS) is 1. The monoisotopic (exact) mass is 1240 g/mol. The third kappa shape index (κ3) is 13.0. The van der Waals surface area contributed by atoms with Gasteiger partial charge in [0.25, 0.3) is 23.6 Å². The van der Waals surface area contributed by atoms with Crippen LogP contribution in [0.3, 0.4) is 0 Å². The third-order valence-corrected chi connectivity index (χ3v) is 18.8. The van der Waals surface area contributed by atoms with Crippen LogP contribution in [0.1, 0.15) is 127 Å². The van der Waals surface area contributed by atoms with Crippen molar-refractivity contribution in [3.05, 3.63) is 148 Å². The van der Waals surface area contributed by atoms with E-state index in [4.69, 9.17) is 24.7 Å². The van der Waals surface area contributed by atoms with Gasteiger partial charge in [-0.15, -0.1) is 68.0 Å². The van der Waals surface area contributed by atoms with Crippen LogP contribution in [0.15, 0.2) is 89.1 Å². The number of aryl methyl sites for hydroxylation is 1. The average molecular weight is 1240 g/mol. The SMILES string of the molecule is CNC(=O)C[C@@H]1NC(=O)c2csc(n2)-c2ccc(-c3nc(NC(=O)c4ccc(C(=O)O)cc4)cs3)nc2-c2cnc(s2)-c2csc(n2)[C@H]([C@@H](O)c2ccccc2)NC(=O)CNC(=O)c2nc(sc2COC)[C@H](C(C)C)NC(=O)c2nc1sc2C. The maximum Gasteiger partial charge on any atom is 0.335 e. The van der Waals surface area contributed by atoms with E-state index in [9.17, 15) is 43.8 Å². The number of methoxy groups -OCH3 is 1. The van der Waals surface area contributed by atoms with Crippen LogP contribution in [0.25, 0.3) is 42.5 Å². The molecular formula is C55H49N13O10S6. The number of aliphatic hydroxyl groups excluding tert-OH is 1. The Balaban J connectivity index is 1.04. The maximum absolute atomic E-state index is 14.3. The lowest BCUT2D eigenvalue weighted by Gasteiger charge is -2.23. The standard InChI is InChI=1S/C55H49N13O10S6/c1-24(2)39-54-68-42(35(84-54)20-78-5)47(74)57-19-38(70)65-43(44(71)26-9-7-6-8-10-26)53-62-33(22-80-53)50-58-18-34(83-50)41-29(15-16-30(59-41)51-64-36(23-81-51)63-45(72)27-11-13-28(14-12-27)55(76)77)49-61-32(21-79-49)46(73)60-31(17-37(69)56-4)52-67-40(25(3)82-52)48(75)66-39/h6-16,18,21-24,31,39,43-44,71H,17,19-20H2,1-5H3,(H,56,69)(H,57,74)(H,60,73)(H,63,72)(H,65,70)(H,66,75)(H,76,77)/t31-,39-,43-,44-/m0/s1. The smallest absolute Gasteiger partial charge is 0.335 e. The molecular weight excluding hydrogens is 1200 g/mol. The highest BCUT2D eigenvalue weighted by atomic mass is 32.1. The van der Waals surface area contributed by atoms with Crippen molar-refractivity contribution in [2.75, 3.05) is 26.0 Å². The highest BCUT2D eigenvalue weighted by molar-refractivity contribution is 7.19. The van der Waals surface area contributed by atoms with Gasteiger partial charge in [0.1, 0.15) is 70.8 Å². The zero-order chi connectivity index (χ0) is 59.3. The van der Waals surface area contributed by atoms with Gasteiger partial charge in [0.2, 0.25) is 11.8 Å². The molecule has 0 saturated carbocycles. The number of anilines is 1. The summed E-state index contributed by atoms with van der Waals surface area (Å²) in [7, 11) is 2.93. The summed E-state index contributed by atoms with van der Waals surface area (Å²) >= 11 is 7.09. The number of amides is 6. The summed E-state index contributed by atoms with van der Waals surface area (Å²) in [5, 5.41) is 45.3. The van der Waals surface area contributed by atoms with Crippen molar-refractivity contribution in [3.63, 3.8) is 0 Å². The Kier molecular flexibility index (Phi) is 17.9.